The molecule has 0 saturated heterocycles. The topological polar surface area (TPSA) is 41.5 Å². The van der Waals surface area contributed by atoms with Crippen LogP contribution >= 0.6 is 0 Å². The summed E-state index contributed by atoms with van der Waals surface area (Å²) in [6.45, 7) is 3.94. The van der Waals surface area contributed by atoms with Crippen LogP contribution in [0.25, 0.3) is 0 Å². The van der Waals surface area contributed by atoms with Crippen molar-refractivity contribution in [2.24, 2.45) is 0 Å². The lowest BCUT2D eigenvalue weighted by Crippen LogP contribution is -2.31. The standard InChI is InChI=1S/C21H29NO2/c1-2-15-22-16-20(23)17-24-21-14-7-6-12-19(21)13-8-11-18-9-4-3-5-10-18/h3-7,9-10,12,14,20,22-23H,2,8,11,13,15-17H2,1H3. The van der Waals surface area contributed by atoms with Crippen LogP contribution in [0.4, 0.5) is 0 Å². The van der Waals surface area contributed by atoms with Gasteiger partial charge in [-0.2, -0.15) is 0 Å². The molecule has 2 aromatic carbocycles. The van der Waals surface area contributed by atoms with Crippen molar-refractivity contribution < 1.29 is 9.84 Å². The molecule has 2 aromatic rings. The summed E-state index contributed by atoms with van der Waals surface area (Å²) in [4.78, 5) is 0. The largest absolute Gasteiger partial charge is 0.491 e. The summed E-state index contributed by atoms with van der Waals surface area (Å²) < 4.78 is 5.84. The molecule has 0 aromatic heterocycles. The van der Waals surface area contributed by atoms with Gasteiger partial charge in [-0.05, 0) is 49.4 Å². The molecule has 0 saturated carbocycles. The highest BCUT2D eigenvalue weighted by molar-refractivity contribution is 5.33. The smallest absolute Gasteiger partial charge is 0.122 e. The fourth-order valence-electron chi connectivity index (χ4n) is 2.67. The summed E-state index contributed by atoms with van der Waals surface area (Å²) in [5.74, 6) is 0.889. The van der Waals surface area contributed by atoms with Crippen LogP contribution in [-0.2, 0) is 12.8 Å². The first-order valence-electron chi connectivity index (χ1n) is 8.93. The lowest BCUT2D eigenvalue weighted by Gasteiger charge is -2.15. The predicted molar refractivity (Wildman–Crippen MR) is 99.6 cm³/mol. The van der Waals surface area contributed by atoms with Gasteiger partial charge in [0.2, 0.25) is 0 Å². The van der Waals surface area contributed by atoms with Crippen LogP contribution in [0.1, 0.15) is 30.9 Å². The lowest BCUT2D eigenvalue weighted by molar-refractivity contribution is 0.106. The molecule has 2 N–H and O–H groups in total. The van der Waals surface area contributed by atoms with Gasteiger partial charge < -0.3 is 15.2 Å². The van der Waals surface area contributed by atoms with E-state index in [0.29, 0.717) is 13.2 Å². The van der Waals surface area contributed by atoms with Gasteiger partial charge in [0, 0.05) is 6.54 Å². The molecule has 0 spiro atoms. The Morgan fingerprint density at radius 3 is 2.54 bits per heavy atom. The molecule has 0 bridgehead atoms. The minimum absolute atomic E-state index is 0.326. The van der Waals surface area contributed by atoms with Crippen molar-refractivity contribution in [2.45, 2.75) is 38.7 Å². The predicted octanol–water partition coefficient (Wildman–Crippen LogP) is 3.60. The molecule has 3 heteroatoms. The van der Waals surface area contributed by atoms with Crippen LogP contribution < -0.4 is 10.1 Å². The number of ether oxygens (including phenoxy) is 1. The van der Waals surface area contributed by atoms with E-state index in [4.69, 9.17) is 4.74 Å². The Morgan fingerprint density at radius 2 is 1.75 bits per heavy atom. The second kappa shape index (κ2) is 10.8. The maximum atomic E-state index is 9.97. The number of aryl methyl sites for hydroxylation is 2. The Labute approximate surface area is 145 Å². The van der Waals surface area contributed by atoms with Crippen LogP contribution in [0, 0.1) is 0 Å². The average molecular weight is 327 g/mol. The number of benzene rings is 2. The fraction of sp³-hybridized carbons (Fsp3) is 0.429. The Kier molecular flexibility index (Phi) is 8.36. The van der Waals surface area contributed by atoms with Gasteiger partial charge >= 0.3 is 0 Å². The van der Waals surface area contributed by atoms with E-state index in [-0.39, 0.29) is 0 Å². The quantitative estimate of drug-likeness (QED) is 0.620. The maximum Gasteiger partial charge on any atom is 0.122 e. The summed E-state index contributed by atoms with van der Waals surface area (Å²) >= 11 is 0. The molecule has 0 aliphatic carbocycles. The van der Waals surface area contributed by atoms with Gasteiger partial charge in [-0.3, -0.25) is 0 Å². The Balaban J connectivity index is 1.79. The minimum atomic E-state index is -0.478. The van der Waals surface area contributed by atoms with Crippen molar-refractivity contribution in [1.29, 1.82) is 0 Å². The highest BCUT2D eigenvalue weighted by Gasteiger charge is 2.07. The molecule has 1 atom stereocenters. The average Bonchev–Trinajstić information content (AvgIpc) is 2.62. The summed E-state index contributed by atoms with van der Waals surface area (Å²) in [5, 5.41) is 13.2. The van der Waals surface area contributed by atoms with Gasteiger partial charge in [0.05, 0.1) is 0 Å². The summed E-state index contributed by atoms with van der Waals surface area (Å²) in [5.41, 5.74) is 2.58. The Hall–Kier alpha value is -1.84. The zero-order valence-corrected chi connectivity index (χ0v) is 14.6. The molecule has 0 amide bonds. The molecule has 0 fully saturated rings. The van der Waals surface area contributed by atoms with Crippen molar-refractivity contribution in [3.05, 3.63) is 65.7 Å². The van der Waals surface area contributed by atoms with E-state index in [9.17, 15) is 5.11 Å². The number of hydrogen-bond donors (Lipinski definition) is 2. The van der Waals surface area contributed by atoms with Gasteiger partial charge in [-0.25, -0.2) is 0 Å². The van der Waals surface area contributed by atoms with E-state index in [2.05, 4.69) is 42.6 Å². The van der Waals surface area contributed by atoms with Gasteiger partial charge in [-0.1, -0.05) is 55.5 Å². The maximum absolute atomic E-state index is 9.97. The van der Waals surface area contributed by atoms with Gasteiger partial charge in [-0.15, -0.1) is 0 Å². The zero-order valence-electron chi connectivity index (χ0n) is 14.6. The SMILES string of the molecule is CCCNCC(O)COc1ccccc1CCCc1ccccc1. The molecular weight excluding hydrogens is 298 g/mol. The zero-order chi connectivity index (χ0) is 17.0. The number of hydrogen-bond acceptors (Lipinski definition) is 3. The van der Waals surface area contributed by atoms with Crippen molar-refractivity contribution >= 4 is 0 Å². The summed E-state index contributed by atoms with van der Waals surface area (Å²) in [6.07, 6.45) is 3.73. The van der Waals surface area contributed by atoms with E-state index in [1.807, 2.05) is 24.3 Å². The van der Waals surface area contributed by atoms with Gasteiger partial charge in [0.25, 0.3) is 0 Å². The fourth-order valence-corrected chi connectivity index (χ4v) is 2.67. The van der Waals surface area contributed by atoms with Gasteiger partial charge in [0.15, 0.2) is 0 Å². The van der Waals surface area contributed by atoms with Crippen LogP contribution in [0.15, 0.2) is 54.6 Å². The molecule has 130 valence electrons. The van der Waals surface area contributed by atoms with E-state index >= 15 is 0 Å². The highest BCUT2D eigenvalue weighted by atomic mass is 16.5. The molecule has 1 unspecified atom stereocenters. The van der Waals surface area contributed by atoms with Crippen LogP contribution in [-0.4, -0.2) is 30.9 Å². The van der Waals surface area contributed by atoms with Crippen molar-refractivity contribution in [1.82, 2.24) is 5.32 Å². The number of nitrogens with one attached hydrogen (secondary N) is 1. The number of aliphatic hydroxyl groups excluding tert-OH is 1. The van der Waals surface area contributed by atoms with Crippen molar-refractivity contribution in [3.8, 4) is 5.75 Å². The third-order valence-corrected chi connectivity index (χ3v) is 3.96. The number of para-hydroxylation sites is 1. The second-order valence-corrected chi connectivity index (χ2v) is 6.12. The van der Waals surface area contributed by atoms with Crippen molar-refractivity contribution in [3.63, 3.8) is 0 Å². The number of aliphatic hydroxyl groups is 1. The first-order chi connectivity index (χ1) is 11.8. The third-order valence-electron chi connectivity index (χ3n) is 3.96. The molecule has 0 heterocycles. The van der Waals surface area contributed by atoms with Gasteiger partial charge in [0.1, 0.15) is 18.5 Å². The first-order valence-corrected chi connectivity index (χ1v) is 8.93. The van der Waals surface area contributed by atoms with E-state index < -0.39 is 6.10 Å². The Morgan fingerprint density at radius 1 is 1.00 bits per heavy atom. The van der Waals surface area contributed by atoms with E-state index in [0.717, 1.165) is 38.0 Å². The second-order valence-electron chi connectivity index (χ2n) is 6.12. The van der Waals surface area contributed by atoms with E-state index in [1.54, 1.807) is 0 Å². The molecular formula is C21H29NO2. The van der Waals surface area contributed by atoms with Crippen LogP contribution in [0.3, 0.4) is 0 Å². The molecule has 2 rings (SSSR count). The number of rotatable bonds is 11. The van der Waals surface area contributed by atoms with Crippen LogP contribution in [0.5, 0.6) is 5.75 Å². The van der Waals surface area contributed by atoms with E-state index in [1.165, 1.54) is 11.1 Å². The lowest BCUT2D eigenvalue weighted by atomic mass is 10.0. The van der Waals surface area contributed by atoms with Crippen molar-refractivity contribution in [2.75, 3.05) is 19.7 Å². The molecule has 24 heavy (non-hydrogen) atoms. The molecule has 0 aliphatic heterocycles. The normalized spacial score (nSPS) is 12.1. The minimum Gasteiger partial charge on any atom is -0.491 e. The van der Waals surface area contributed by atoms with Crippen LogP contribution in [0.2, 0.25) is 0 Å². The molecule has 0 aliphatic rings. The Bertz CT molecular complexity index is 571. The third kappa shape index (κ3) is 6.73. The first kappa shape index (κ1) is 18.5. The summed E-state index contributed by atoms with van der Waals surface area (Å²) in [6, 6.07) is 18.7. The highest BCUT2D eigenvalue weighted by Crippen LogP contribution is 2.20. The molecule has 0 radical (unpaired) electrons. The molecule has 3 nitrogen and oxygen atoms in total. The monoisotopic (exact) mass is 327 g/mol. The summed E-state index contributed by atoms with van der Waals surface area (Å²) in [7, 11) is 0.